The summed E-state index contributed by atoms with van der Waals surface area (Å²) >= 11 is -0.308. The molecule has 2 heteroatoms. The zero-order valence-corrected chi connectivity index (χ0v) is 9.17. The van der Waals surface area contributed by atoms with Crippen molar-refractivity contribution in [2.45, 2.75) is 0 Å². The molecule has 1 aliphatic heterocycles. The van der Waals surface area contributed by atoms with Crippen molar-refractivity contribution < 1.29 is 0 Å². The van der Waals surface area contributed by atoms with E-state index in [1.54, 1.807) is 0 Å². The Balaban J connectivity index is 0.000000250. The summed E-state index contributed by atoms with van der Waals surface area (Å²) < 4.78 is 4.67. The summed E-state index contributed by atoms with van der Waals surface area (Å²) in [5, 5.41) is 0. The molecule has 0 unspecified atom stereocenters. The molecular weight excluding hydrogens is 243 g/mol. The van der Waals surface area contributed by atoms with E-state index in [4.69, 9.17) is 0 Å². The first kappa shape index (κ1) is 6.83. The molecule has 1 aliphatic rings. The third-order valence-corrected chi connectivity index (χ3v) is 3.76. The molecule has 0 aromatic rings. The summed E-state index contributed by atoms with van der Waals surface area (Å²) in [6, 6.07) is 0. The zero-order chi connectivity index (χ0) is 3.54. The second-order valence-corrected chi connectivity index (χ2v) is 5.13. The Bertz CT molecular complexity index is 65.6. The van der Waals surface area contributed by atoms with Crippen LogP contribution in [0.1, 0.15) is 0 Å². The molecule has 0 saturated heterocycles. The van der Waals surface area contributed by atoms with Crippen LogP contribution in [0.15, 0.2) is 19.8 Å². The zero-order valence-electron chi connectivity index (χ0n) is 3.42. The SMILES string of the molecule is Br.C1=[CH][InH][CH]=C1. The normalized spacial score (nSPS) is 13.3. The van der Waals surface area contributed by atoms with E-state index in [2.05, 4.69) is 19.8 Å². The van der Waals surface area contributed by atoms with Crippen LogP contribution in [0.25, 0.3) is 0 Å². The number of hydrogen-bond acceptors (Lipinski definition) is 0. The van der Waals surface area contributed by atoms with Crippen LogP contribution < -0.4 is 0 Å². The van der Waals surface area contributed by atoms with Gasteiger partial charge in [-0.25, -0.2) is 0 Å². The van der Waals surface area contributed by atoms with Crippen molar-refractivity contribution in [3.63, 3.8) is 0 Å². The average molecular weight is 249 g/mol. The fraction of sp³-hybridized carbons (Fsp3) is 0. The van der Waals surface area contributed by atoms with Crippen LogP contribution in [-0.4, -0.2) is 22.9 Å². The predicted molar refractivity (Wildman–Crippen MR) is 35.8 cm³/mol. The molecule has 0 aromatic carbocycles. The topological polar surface area (TPSA) is 0 Å². The van der Waals surface area contributed by atoms with Gasteiger partial charge in [-0.1, -0.05) is 0 Å². The first-order valence-electron chi connectivity index (χ1n) is 1.82. The van der Waals surface area contributed by atoms with E-state index < -0.39 is 0 Å². The van der Waals surface area contributed by atoms with Gasteiger partial charge in [0, 0.05) is 0 Å². The molecule has 32 valence electrons. The van der Waals surface area contributed by atoms with E-state index in [1.807, 2.05) is 0 Å². The second kappa shape index (κ2) is 4.00. The van der Waals surface area contributed by atoms with Crippen molar-refractivity contribution in [2.24, 2.45) is 0 Å². The van der Waals surface area contributed by atoms with E-state index in [9.17, 15) is 0 Å². The van der Waals surface area contributed by atoms with Gasteiger partial charge < -0.3 is 0 Å². The van der Waals surface area contributed by atoms with Crippen molar-refractivity contribution in [1.29, 1.82) is 0 Å². The molecule has 1 rings (SSSR count). The molecule has 0 spiro atoms. The summed E-state index contributed by atoms with van der Waals surface area (Å²) in [6.45, 7) is 0. The molecule has 0 amide bonds. The van der Waals surface area contributed by atoms with Gasteiger partial charge in [0.2, 0.25) is 0 Å². The summed E-state index contributed by atoms with van der Waals surface area (Å²) in [4.78, 5) is 0. The number of halogens is 1. The number of rotatable bonds is 0. The van der Waals surface area contributed by atoms with E-state index in [0.717, 1.165) is 0 Å². The van der Waals surface area contributed by atoms with Crippen molar-refractivity contribution >= 4 is 39.9 Å². The third kappa shape index (κ3) is 2.08. The minimum atomic E-state index is -0.308. The first-order valence-corrected chi connectivity index (χ1v) is 6.48. The molecule has 0 saturated carbocycles. The van der Waals surface area contributed by atoms with Gasteiger partial charge in [0.1, 0.15) is 0 Å². The van der Waals surface area contributed by atoms with E-state index >= 15 is 0 Å². The van der Waals surface area contributed by atoms with Crippen LogP contribution in [-0.2, 0) is 0 Å². The van der Waals surface area contributed by atoms with Crippen LogP contribution in [0.5, 0.6) is 0 Å². The van der Waals surface area contributed by atoms with Gasteiger partial charge in [0.15, 0.2) is 0 Å². The molecule has 0 atom stereocenters. The molecule has 6 heavy (non-hydrogen) atoms. The molecule has 0 aromatic heterocycles. The maximum atomic E-state index is 2.34. The van der Waals surface area contributed by atoms with Gasteiger partial charge in [-0.3, -0.25) is 0 Å². The van der Waals surface area contributed by atoms with Crippen LogP contribution in [0.2, 0.25) is 0 Å². The fourth-order valence-electron chi connectivity index (χ4n) is 0.393. The number of hydrogen-bond donors (Lipinski definition) is 0. The third-order valence-electron chi connectivity index (χ3n) is 0.655. The van der Waals surface area contributed by atoms with E-state index in [-0.39, 0.29) is 39.9 Å². The molecule has 1 heterocycles. The van der Waals surface area contributed by atoms with Crippen LogP contribution in [0.4, 0.5) is 0 Å². The van der Waals surface area contributed by atoms with Gasteiger partial charge in [0.25, 0.3) is 0 Å². The first-order chi connectivity index (χ1) is 2.50. The summed E-state index contributed by atoms with van der Waals surface area (Å²) in [5.41, 5.74) is 0. The van der Waals surface area contributed by atoms with Gasteiger partial charge in [-0.2, -0.15) is 0 Å². The summed E-state index contributed by atoms with van der Waals surface area (Å²) in [7, 11) is 0. The fourth-order valence-corrected chi connectivity index (χ4v) is 2.64. The van der Waals surface area contributed by atoms with Gasteiger partial charge in [0.05, 0.1) is 0 Å². The Hall–Kier alpha value is 0.830. The van der Waals surface area contributed by atoms with E-state index in [0.29, 0.717) is 0 Å². The van der Waals surface area contributed by atoms with Crippen LogP contribution in [0, 0.1) is 0 Å². The Labute approximate surface area is 59.4 Å². The molecule has 0 bridgehead atoms. The van der Waals surface area contributed by atoms with E-state index in [1.165, 1.54) is 0 Å². The molecule has 0 N–H and O–H groups in total. The Morgan fingerprint density at radius 3 is 1.67 bits per heavy atom. The van der Waals surface area contributed by atoms with Gasteiger partial charge in [-0.15, -0.1) is 17.0 Å². The molecule has 0 aliphatic carbocycles. The van der Waals surface area contributed by atoms with Crippen LogP contribution >= 0.6 is 17.0 Å². The van der Waals surface area contributed by atoms with Crippen molar-refractivity contribution in [3.05, 3.63) is 19.8 Å². The summed E-state index contributed by atoms with van der Waals surface area (Å²) in [6.07, 6.45) is 4.30. The quantitative estimate of drug-likeness (QED) is 0.601. The number of allylic oxidation sites excluding steroid dienone is 2. The Morgan fingerprint density at radius 1 is 1.00 bits per heavy atom. The molecule has 0 nitrogen and oxygen atoms in total. The Morgan fingerprint density at radius 2 is 1.50 bits per heavy atom. The molecular formula is C4H6BrIn. The minimum absolute atomic E-state index is 0. The predicted octanol–water partition coefficient (Wildman–Crippen LogP) is 1.04. The van der Waals surface area contributed by atoms with Crippen molar-refractivity contribution in [2.75, 3.05) is 0 Å². The standard InChI is InChI=1S/C4H4.BrH.In.H/c1-3-4-2;;;/h1-4H;1H;;. The van der Waals surface area contributed by atoms with Crippen molar-refractivity contribution in [3.8, 4) is 0 Å². The molecule has 0 fully saturated rings. The maximum absolute atomic E-state index is 2.34. The second-order valence-electron chi connectivity index (χ2n) is 1.09. The van der Waals surface area contributed by atoms with Gasteiger partial charge >= 0.3 is 42.7 Å². The monoisotopic (exact) mass is 248 g/mol. The van der Waals surface area contributed by atoms with Crippen molar-refractivity contribution in [1.82, 2.24) is 0 Å². The van der Waals surface area contributed by atoms with Gasteiger partial charge in [-0.05, 0) is 0 Å². The van der Waals surface area contributed by atoms with Crippen LogP contribution in [0.3, 0.4) is 0 Å². The summed E-state index contributed by atoms with van der Waals surface area (Å²) in [5.74, 6) is 0. The average Bonchev–Trinajstić information content (AvgIpc) is 1.76. The Kier molecular flexibility index (Phi) is 4.56. The molecule has 0 radical (unpaired) electrons.